The molecule has 0 fully saturated rings. The van der Waals surface area contributed by atoms with Crippen molar-refractivity contribution >= 4 is 29.3 Å². The smallest absolute Gasteiger partial charge is 0.338 e. The zero-order valence-corrected chi connectivity index (χ0v) is 19.5. The van der Waals surface area contributed by atoms with Crippen LogP contribution in [-0.4, -0.2) is 29.7 Å². The number of Topliss-reactive ketones (excluding diaryl/α,β-unsaturated/α-hetero) is 1. The molecule has 0 radical (unpaired) electrons. The molecule has 6 nitrogen and oxygen atoms in total. The zero-order chi connectivity index (χ0) is 24.6. The number of carbonyl (C=O) groups excluding carboxylic acids is 4. The van der Waals surface area contributed by atoms with E-state index in [0.29, 0.717) is 11.3 Å². The molecule has 3 aromatic rings. The molecule has 1 atom stereocenters. The second-order valence-corrected chi connectivity index (χ2v) is 8.46. The van der Waals surface area contributed by atoms with Crippen molar-refractivity contribution in [1.82, 2.24) is 0 Å². The third kappa shape index (κ3) is 4.15. The van der Waals surface area contributed by atoms with E-state index < -0.39 is 23.9 Å². The Hall–Kier alpha value is -4.06. The minimum Gasteiger partial charge on any atom is -0.451 e. The van der Waals surface area contributed by atoms with E-state index in [1.165, 1.54) is 25.1 Å². The summed E-state index contributed by atoms with van der Waals surface area (Å²) in [7, 11) is 0. The Kier molecular flexibility index (Phi) is 6.16. The number of benzene rings is 3. The maximum absolute atomic E-state index is 13.1. The summed E-state index contributed by atoms with van der Waals surface area (Å²) in [5, 5.41) is 0. The topological polar surface area (TPSA) is 80.8 Å². The standard InChI is InChI=1S/C28H25NO5/c1-5-19-8-10-20(11-9-19)25(30)18(4)34-28(33)21-12-13-22-23(15-21)27(32)29(26(22)31)24-14-16(2)6-7-17(24)3/h6-15,18H,5H2,1-4H3. The van der Waals surface area contributed by atoms with Crippen molar-refractivity contribution in [3.63, 3.8) is 0 Å². The van der Waals surface area contributed by atoms with E-state index in [1.807, 2.05) is 45.0 Å². The van der Waals surface area contributed by atoms with Crippen molar-refractivity contribution in [2.24, 2.45) is 0 Å². The molecule has 172 valence electrons. The normalized spacial score (nSPS) is 13.6. The second kappa shape index (κ2) is 9.06. The molecule has 0 spiro atoms. The van der Waals surface area contributed by atoms with Gasteiger partial charge in [-0.2, -0.15) is 0 Å². The number of hydrogen-bond donors (Lipinski definition) is 0. The maximum atomic E-state index is 13.1. The SMILES string of the molecule is CCc1ccc(C(=O)C(C)OC(=O)c2ccc3c(c2)C(=O)N(c2cc(C)ccc2C)C3=O)cc1. The first-order valence-electron chi connectivity index (χ1n) is 11.2. The predicted octanol–water partition coefficient (Wildman–Crippen LogP) is 5.09. The molecule has 0 N–H and O–H groups in total. The summed E-state index contributed by atoms with van der Waals surface area (Å²) >= 11 is 0. The van der Waals surface area contributed by atoms with Crippen LogP contribution in [0, 0.1) is 13.8 Å². The highest BCUT2D eigenvalue weighted by atomic mass is 16.5. The fourth-order valence-corrected chi connectivity index (χ4v) is 3.97. The largest absolute Gasteiger partial charge is 0.451 e. The first-order valence-corrected chi connectivity index (χ1v) is 11.2. The Morgan fingerprint density at radius 1 is 0.853 bits per heavy atom. The van der Waals surface area contributed by atoms with Gasteiger partial charge in [-0.05, 0) is 68.1 Å². The Balaban J connectivity index is 1.54. The van der Waals surface area contributed by atoms with Gasteiger partial charge in [0.25, 0.3) is 11.8 Å². The molecular formula is C28H25NO5. The van der Waals surface area contributed by atoms with Gasteiger partial charge in [-0.3, -0.25) is 14.4 Å². The Morgan fingerprint density at radius 2 is 1.50 bits per heavy atom. The monoisotopic (exact) mass is 455 g/mol. The molecule has 1 unspecified atom stereocenters. The molecule has 0 bridgehead atoms. The van der Waals surface area contributed by atoms with Crippen LogP contribution in [0.1, 0.15) is 72.0 Å². The lowest BCUT2D eigenvalue weighted by molar-refractivity contribution is 0.0318. The molecular weight excluding hydrogens is 430 g/mol. The van der Waals surface area contributed by atoms with Crippen LogP contribution in [0.25, 0.3) is 0 Å². The average molecular weight is 456 g/mol. The van der Waals surface area contributed by atoms with Crippen molar-refractivity contribution in [1.29, 1.82) is 0 Å². The van der Waals surface area contributed by atoms with E-state index in [-0.39, 0.29) is 22.5 Å². The van der Waals surface area contributed by atoms with E-state index in [4.69, 9.17) is 4.74 Å². The number of hydrogen-bond acceptors (Lipinski definition) is 5. The van der Waals surface area contributed by atoms with Crippen LogP contribution in [0.5, 0.6) is 0 Å². The molecule has 34 heavy (non-hydrogen) atoms. The number of fused-ring (bicyclic) bond motifs is 1. The van der Waals surface area contributed by atoms with Crippen LogP contribution in [0.4, 0.5) is 5.69 Å². The van der Waals surface area contributed by atoms with Gasteiger partial charge in [-0.1, -0.05) is 43.3 Å². The van der Waals surface area contributed by atoms with Crippen molar-refractivity contribution in [3.8, 4) is 0 Å². The number of ether oxygens (including phenoxy) is 1. The van der Waals surface area contributed by atoms with Gasteiger partial charge in [0, 0.05) is 5.56 Å². The number of nitrogens with zero attached hydrogens (tertiary/aromatic N) is 1. The number of ketones is 1. The summed E-state index contributed by atoms with van der Waals surface area (Å²) in [6.45, 7) is 7.25. The molecule has 2 amide bonds. The van der Waals surface area contributed by atoms with Crippen LogP contribution in [0.15, 0.2) is 60.7 Å². The average Bonchev–Trinajstić information content (AvgIpc) is 3.09. The number of anilines is 1. The van der Waals surface area contributed by atoms with Gasteiger partial charge >= 0.3 is 5.97 Å². The fourth-order valence-electron chi connectivity index (χ4n) is 3.97. The summed E-state index contributed by atoms with van der Waals surface area (Å²) in [6, 6.07) is 17.0. The quantitative estimate of drug-likeness (QED) is 0.294. The molecule has 1 aliphatic rings. The zero-order valence-electron chi connectivity index (χ0n) is 19.5. The maximum Gasteiger partial charge on any atom is 0.338 e. The van der Waals surface area contributed by atoms with Crippen molar-refractivity contribution in [2.45, 2.75) is 40.2 Å². The number of aryl methyl sites for hydroxylation is 3. The molecule has 4 rings (SSSR count). The van der Waals surface area contributed by atoms with Gasteiger partial charge < -0.3 is 4.74 Å². The Morgan fingerprint density at radius 3 is 2.18 bits per heavy atom. The van der Waals surface area contributed by atoms with E-state index in [1.54, 1.807) is 18.2 Å². The van der Waals surface area contributed by atoms with Crippen LogP contribution in [0.2, 0.25) is 0 Å². The number of amides is 2. The highest BCUT2D eigenvalue weighted by Gasteiger charge is 2.38. The van der Waals surface area contributed by atoms with Gasteiger partial charge in [0.15, 0.2) is 6.10 Å². The van der Waals surface area contributed by atoms with Crippen LogP contribution >= 0.6 is 0 Å². The van der Waals surface area contributed by atoms with Gasteiger partial charge in [0.2, 0.25) is 5.78 Å². The van der Waals surface area contributed by atoms with E-state index in [0.717, 1.165) is 28.0 Å². The fraction of sp³-hybridized carbons (Fsp3) is 0.214. The Labute approximate surface area is 198 Å². The highest BCUT2D eigenvalue weighted by molar-refractivity contribution is 6.35. The van der Waals surface area contributed by atoms with Crippen LogP contribution in [-0.2, 0) is 11.2 Å². The van der Waals surface area contributed by atoms with Gasteiger partial charge in [-0.25, -0.2) is 9.69 Å². The van der Waals surface area contributed by atoms with Crippen molar-refractivity contribution < 1.29 is 23.9 Å². The third-order valence-electron chi connectivity index (χ3n) is 6.03. The van der Waals surface area contributed by atoms with Crippen LogP contribution < -0.4 is 4.90 Å². The first-order chi connectivity index (χ1) is 16.2. The van der Waals surface area contributed by atoms with Crippen LogP contribution in [0.3, 0.4) is 0 Å². The third-order valence-corrected chi connectivity index (χ3v) is 6.03. The molecule has 0 saturated heterocycles. The van der Waals surface area contributed by atoms with E-state index >= 15 is 0 Å². The summed E-state index contributed by atoms with van der Waals surface area (Å²) < 4.78 is 5.38. The lowest BCUT2D eigenvalue weighted by Crippen LogP contribution is -2.30. The minimum atomic E-state index is -1.00. The number of carbonyl (C=O) groups is 4. The molecule has 6 heteroatoms. The Bertz CT molecular complexity index is 1320. The van der Waals surface area contributed by atoms with Gasteiger partial charge in [-0.15, -0.1) is 0 Å². The number of imide groups is 1. The van der Waals surface area contributed by atoms with Gasteiger partial charge in [0.05, 0.1) is 22.4 Å². The molecule has 0 saturated carbocycles. The molecule has 1 aliphatic heterocycles. The lowest BCUT2D eigenvalue weighted by Gasteiger charge is -2.17. The van der Waals surface area contributed by atoms with E-state index in [2.05, 4.69) is 0 Å². The summed E-state index contributed by atoms with van der Waals surface area (Å²) in [5.41, 5.74) is 4.25. The molecule has 0 aromatic heterocycles. The number of rotatable bonds is 6. The first kappa shape index (κ1) is 23.1. The summed E-state index contributed by atoms with van der Waals surface area (Å²) in [4.78, 5) is 52.6. The van der Waals surface area contributed by atoms with Crippen molar-refractivity contribution in [2.75, 3.05) is 4.90 Å². The van der Waals surface area contributed by atoms with E-state index in [9.17, 15) is 19.2 Å². The molecule has 3 aromatic carbocycles. The summed E-state index contributed by atoms with van der Waals surface area (Å²) in [5.74, 6) is -1.99. The predicted molar refractivity (Wildman–Crippen MR) is 129 cm³/mol. The lowest BCUT2D eigenvalue weighted by atomic mass is 10.0. The highest BCUT2D eigenvalue weighted by Crippen LogP contribution is 2.32. The minimum absolute atomic E-state index is 0.101. The van der Waals surface area contributed by atoms with Gasteiger partial charge in [0.1, 0.15) is 0 Å². The second-order valence-electron chi connectivity index (χ2n) is 8.46. The number of esters is 1. The summed E-state index contributed by atoms with van der Waals surface area (Å²) in [6.07, 6.45) is -0.142. The molecule has 1 heterocycles. The molecule has 0 aliphatic carbocycles. The van der Waals surface area contributed by atoms with Crippen molar-refractivity contribution in [3.05, 3.63) is 99.6 Å².